The molecular formula is C26H40O5. The highest BCUT2D eigenvalue weighted by molar-refractivity contribution is 5.69. The summed E-state index contributed by atoms with van der Waals surface area (Å²) in [5.41, 5.74) is 1.22. The van der Waals surface area contributed by atoms with Gasteiger partial charge in [-0.25, -0.2) is 0 Å². The van der Waals surface area contributed by atoms with E-state index < -0.39 is 18.3 Å². The molecule has 1 fully saturated rings. The van der Waals surface area contributed by atoms with Crippen LogP contribution in [-0.2, 0) is 16.0 Å². The number of unbranched alkanes of at least 4 members (excludes halogenated alkanes) is 1. The van der Waals surface area contributed by atoms with Crippen molar-refractivity contribution in [2.75, 3.05) is 0 Å². The number of hydrogen-bond donors (Lipinski definition) is 3. The molecule has 0 heterocycles. The summed E-state index contributed by atoms with van der Waals surface area (Å²) in [6.07, 6.45) is 8.58. The van der Waals surface area contributed by atoms with Crippen LogP contribution in [0.25, 0.3) is 0 Å². The molecule has 5 atom stereocenters. The zero-order valence-corrected chi connectivity index (χ0v) is 19.0. The number of benzene rings is 1. The lowest BCUT2D eigenvalue weighted by Crippen LogP contribution is -2.23. The van der Waals surface area contributed by atoms with E-state index >= 15 is 0 Å². The summed E-state index contributed by atoms with van der Waals surface area (Å²) < 4.78 is 5.12. The highest BCUT2D eigenvalue weighted by atomic mass is 16.5. The Kier molecular flexibility index (Phi) is 11.3. The second-order valence-electron chi connectivity index (χ2n) is 9.09. The van der Waals surface area contributed by atoms with Gasteiger partial charge in [-0.05, 0) is 82.6 Å². The van der Waals surface area contributed by atoms with E-state index in [4.69, 9.17) is 4.74 Å². The van der Waals surface area contributed by atoms with Crippen LogP contribution in [0.3, 0.4) is 0 Å². The number of esters is 1. The molecule has 0 radical (unpaired) electrons. The number of carbonyl (C=O) groups excluding carboxylic acids is 1. The number of aliphatic hydroxyl groups excluding tert-OH is 3. The Hall–Kier alpha value is -1.69. The molecule has 0 aromatic heterocycles. The number of carbonyl (C=O) groups is 1. The first-order valence-electron chi connectivity index (χ1n) is 11.8. The van der Waals surface area contributed by atoms with Crippen LogP contribution >= 0.6 is 0 Å². The molecule has 0 unspecified atom stereocenters. The fraction of sp³-hybridized carbons (Fsp3) is 0.654. The standard InChI is InChI=1S/C26H40O5/c1-19(2)31-26(30)13-9-4-3-8-12-22-23(25(29)18-24(22)28)17-16-21(27)15-14-20-10-6-5-7-11-20/h3,5-8,10-11,19,21-25,27-29H,4,9,12-18H2,1-2H3/b8-3+/t21-,22+,23+,24-,25+/m1/s1. The van der Waals surface area contributed by atoms with Crippen molar-refractivity contribution in [2.45, 2.75) is 96.1 Å². The summed E-state index contributed by atoms with van der Waals surface area (Å²) in [6, 6.07) is 10.1. The monoisotopic (exact) mass is 432 g/mol. The van der Waals surface area contributed by atoms with Crippen molar-refractivity contribution in [3.63, 3.8) is 0 Å². The molecule has 0 amide bonds. The van der Waals surface area contributed by atoms with E-state index in [9.17, 15) is 20.1 Å². The molecule has 1 aliphatic carbocycles. The maximum atomic E-state index is 11.5. The molecule has 1 aliphatic rings. The fourth-order valence-corrected chi connectivity index (χ4v) is 4.47. The maximum absolute atomic E-state index is 11.5. The van der Waals surface area contributed by atoms with E-state index in [0.29, 0.717) is 38.5 Å². The molecule has 2 rings (SSSR count). The van der Waals surface area contributed by atoms with E-state index in [1.807, 2.05) is 38.1 Å². The van der Waals surface area contributed by atoms with Gasteiger partial charge >= 0.3 is 5.97 Å². The highest BCUT2D eigenvalue weighted by Crippen LogP contribution is 2.38. The number of hydrogen-bond acceptors (Lipinski definition) is 5. The van der Waals surface area contributed by atoms with Crippen molar-refractivity contribution in [1.82, 2.24) is 0 Å². The van der Waals surface area contributed by atoms with Gasteiger partial charge in [-0.15, -0.1) is 0 Å². The quantitative estimate of drug-likeness (QED) is 0.247. The van der Waals surface area contributed by atoms with Crippen LogP contribution in [0.5, 0.6) is 0 Å². The van der Waals surface area contributed by atoms with Crippen molar-refractivity contribution in [2.24, 2.45) is 11.8 Å². The molecule has 3 N–H and O–H groups in total. The first-order valence-corrected chi connectivity index (χ1v) is 11.8. The normalized spacial score (nSPS) is 24.7. The van der Waals surface area contributed by atoms with Crippen LogP contribution in [0.2, 0.25) is 0 Å². The lowest BCUT2D eigenvalue weighted by atomic mass is 9.85. The minimum absolute atomic E-state index is 0.00652. The number of ether oxygens (including phenoxy) is 1. The second kappa shape index (κ2) is 13.7. The zero-order chi connectivity index (χ0) is 22.6. The molecule has 5 heteroatoms. The van der Waals surface area contributed by atoms with Crippen LogP contribution in [0, 0.1) is 11.8 Å². The third kappa shape index (κ3) is 9.55. The van der Waals surface area contributed by atoms with Crippen LogP contribution in [-0.4, -0.2) is 45.7 Å². The molecular weight excluding hydrogens is 392 g/mol. The molecule has 31 heavy (non-hydrogen) atoms. The third-order valence-electron chi connectivity index (χ3n) is 6.16. The molecule has 5 nitrogen and oxygen atoms in total. The SMILES string of the molecule is CC(C)OC(=O)CCC/C=C/C[C@H]1[C@H](CC[C@H](O)CCc2ccccc2)[C@@H](O)C[C@H]1O. The van der Waals surface area contributed by atoms with E-state index in [-0.39, 0.29) is 23.9 Å². The van der Waals surface area contributed by atoms with Gasteiger partial charge in [0, 0.05) is 6.42 Å². The lowest BCUT2D eigenvalue weighted by molar-refractivity contribution is -0.147. The van der Waals surface area contributed by atoms with Gasteiger partial charge < -0.3 is 20.1 Å². The van der Waals surface area contributed by atoms with Crippen LogP contribution < -0.4 is 0 Å². The third-order valence-corrected chi connectivity index (χ3v) is 6.16. The van der Waals surface area contributed by atoms with Crippen LogP contribution in [0.4, 0.5) is 0 Å². The summed E-state index contributed by atoms with van der Waals surface area (Å²) in [7, 11) is 0. The van der Waals surface area contributed by atoms with Gasteiger partial charge in [-0.1, -0.05) is 42.5 Å². The summed E-state index contributed by atoms with van der Waals surface area (Å²) in [6.45, 7) is 3.69. The predicted molar refractivity (Wildman–Crippen MR) is 122 cm³/mol. The molecule has 1 aromatic carbocycles. The first kappa shape index (κ1) is 25.6. The zero-order valence-electron chi connectivity index (χ0n) is 19.0. The number of allylic oxidation sites excluding steroid dienone is 2. The summed E-state index contributed by atoms with van der Waals surface area (Å²) in [5, 5.41) is 31.2. The van der Waals surface area contributed by atoms with Gasteiger partial charge in [0.25, 0.3) is 0 Å². The topological polar surface area (TPSA) is 87.0 Å². The van der Waals surface area contributed by atoms with Gasteiger partial charge in [0.1, 0.15) is 0 Å². The van der Waals surface area contributed by atoms with Crippen molar-refractivity contribution in [3.05, 3.63) is 48.0 Å². The van der Waals surface area contributed by atoms with Crippen molar-refractivity contribution < 1.29 is 24.9 Å². The molecule has 0 saturated heterocycles. The van der Waals surface area contributed by atoms with E-state index in [0.717, 1.165) is 19.3 Å². The number of rotatable bonds is 13. The van der Waals surface area contributed by atoms with Crippen LogP contribution in [0.1, 0.15) is 70.8 Å². The minimum atomic E-state index is -0.513. The number of aliphatic hydroxyl groups is 3. The Labute approximate surface area is 187 Å². The molecule has 1 saturated carbocycles. The van der Waals surface area contributed by atoms with Crippen molar-refractivity contribution in [3.8, 4) is 0 Å². The average Bonchev–Trinajstić information content (AvgIpc) is 3.00. The van der Waals surface area contributed by atoms with Gasteiger partial charge in [0.2, 0.25) is 0 Å². The Morgan fingerprint density at radius 1 is 1.10 bits per heavy atom. The smallest absolute Gasteiger partial charge is 0.306 e. The number of aryl methyl sites for hydroxylation is 1. The largest absolute Gasteiger partial charge is 0.463 e. The summed E-state index contributed by atoms with van der Waals surface area (Å²) in [4.78, 5) is 11.5. The van der Waals surface area contributed by atoms with E-state index in [1.54, 1.807) is 0 Å². The summed E-state index contributed by atoms with van der Waals surface area (Å²) >= 11 is 0. The van der Waals surface area contributed by atoms with Gasteiger partial charge in [-0.2, -0.15) is 0 Å². The molecule has 0 spiro atoms. The minimum Gasteiger partial charge on any atom is -0.463 e. The lowest BCUT2D eigenvalue weighted by Gasteiger charge is -2.23. The first-order chi connectivity index (χ1) is 14.9. The Morgan fingerprint density at radius 2 is 1.81 bits per heavy atom. The van der Waals surface area contributed by atoms with Gasteiger partial charge in [-0.3, -0.25) is 4.79 Å². The van der Waals surface area contributed by atoms with E-state index in [1.165, 1.54) is 5.56 Å². The predicted octanol–water partition coefficient (Wildman–Crippen LogP) is 4.19. The van der Waals surface area contributed by atoms with Crippen molar-refractivity contribution >= 4 is 5.97 Å². The molecule has 0 aliphatic heterocycles. The van der Waals surface area contributed by atoms with Crippen molar-refractivity contribution in [1.29, 1.82) is 0 Å². The summed E-state index contributed by atoms with van der Waals surface area (Å²) in [5.74, 6) is -0.144. The molecule has 174 valence electrons. The van der Waals surface area contributed by atoms with E-state index in [2.05, 4.69) is 18.2 Å². The fourth-order valence-electron chi connectivity index (χ4n) is 4.47. The van der Waals surface area contributed by atoms with Gasteiger partial charge in [0.15, 0.2) is 0 Å². The van der Waals surface area contributed by atoms with Gasteiger partial charge in [0.05, 0.1) is 24.4 Å². The second-order valence-corrected chi connectivity index (χ2v) is 9.09. The molecule has 0 bridgehead atoms. The Morgan fingerprint density at radius 3 is 2.52 bits per heavy atom. The maximum Gasteiger partial charge on any atom is 0.306 e. The molecule has 1 aromatic rings. The highest BCUT2D eigenvalue weighted by Gasteiger charge is 2.40. The van der Waals surface area contributed by atoms with Crippen LogP contribution in [0.15, 0.2) is 42.5 Å². The average molecular weight is 433 g/mol. The Balaban J connectivity index is 1.70. The Bertz CT molecular complexity index is 657.